The first-order valence-electron chi connectivity index (χ1n) is 7.52. The van der Waals surface area contributed by atoms with E-state index in [9.17, 15) is 4.39 Å². The minimum absolute atomic E-state index is 0.340. The molecule has 0 saturated heterocycles. The number of rotatable bonds is 3. The van der Waals surface area contributed by atoms with Gasteiger partial charge >= 0.3 is 0 Å². The summed E-state index contributed by atoms with van der Waals surface area (Å²) in [5, 5.41) is 11.8. The Morgan fingerprint density at radius 2 is 2.19 bits per heavy atom. The van der Waals surface area contributed by atoms with Gasteiger partial charge in [-0.1, -0.05) is 6.42 Å². The van der Waals surface area contributed by atoms with Crippen molar-refractivity contribution in [2.75, 3.05) is 5.73 Å². The second-order valence-electron chi connectivity index (χ2n) is 6.36. The van der Waals surface area contributed by atoms with Crippen molar-refractivity contribution in [1.29, 1.82) is 0 Å². The Morgan fingerprint density at radius 1 is 1.29 bits per heavy atom. The van der Waals surface area contributed by atoms with Gasteiger partial charge < -0.3 is 5.73 Å². The predicted molar refractivity (Wildman–Crippen MR) is 76.6 cm³/mol. The first-order chi connectivity index (χ1) is 10.2. The van der Waals surface area contributed by atoms with E-state index >= 15 is 0 Å². The van der Waals surface area contributed by atoms with Crippen LogP contribution in [0, 0.1) is 23.6 Å². The van der Waals surface area contributed by atoms with Crippen LogP contribution < -0.4 is 5.73 Å². The monoisotopic (exact) mass is 287 g/mol. The first-order valence-corrected chi connectivity index (χ1v) is 7.52. The lowest BCUT2D eigenvalue weighted by atomic mass is 9.89. The van der Waals surface area contributed by atoms with Gasteiger partial charge in [0.25, 0.3) is 0 Å². The molecule has 0 amide bonds. The minimum atomic E-state index is -0.340. The number of nitrogen functional groups attached to an aromatic ring is 1. The van der Waals surface area contributed by atoms with Gasteiger partial charge in [-0.2, -0.15) is 0 Å². The molecule has 2 aliphatic carbocycles. The van der Waals surface area contributed by atoms with Crippen molar-refractivity contribution in [3.05, 3.63) is 24.0 Å². The van der Waals surface area contributed by atoms with E-state index in [1.165, 1.54) is 31.7 Å². The lowest BCUT2D eigenvalue weighted by Crippen LogP contribution is -2.19. The van der Waals surface area contributed by atoms with Crippen LogP contribution in [0.1, 0.15) is 25.7 Å². The van der Waals surface area contributed by atoms with Gasteiger partial charge in [0.2, 0.25) is 0 Å². The molecule has 0 spiro atoms. The molecule has 6 heteroatoms. The van der Waals surface area contributed by atoms with Crippen LogP contribution in [0.4, 0.5) is 10.1 Å². The van der Waals surface area contributed by atoms with Crippen molar-refractivity contribution in [1.82, 2.24) is 20.2 Å². The zero-order chi connectivity index (χ0) is 14.4. The third kappa shape index (κ3) is 2.18. The van der Waals surface area contributed by atoms with Gasteiger partial charge in [0.1, 0.15) is 5.82 Å². The van der Waals surface area contributed by atoms with Crippen molar-refractivity contribution in [2.24, 2.45) is 17.8 Å². The minimum Gasteiger partial charge on any atom is -0.399 e. The summed E-state index contributed by atoms with van der Waals surface area (Å²) in [7, 11) is 0. The summed E-state index contributed by atoms with van der Waals surface area (Å²) in [5.41, 5.74) is 6.64. The molecule has 3 unspecified atom stereocenters. The topological polar surface area (TPSA) is 69.6 Å². The maximum absolute atomic E-state index is 14.0. The van der Waals surface area contributed by atoms with Gasteiger partial charge in [0.15, 0.2) is 5.82 Å². The maximum atomic E-state index is 14.0. The number of aromatic nitrogens is 4. The third-order valence-corrected chi connectivity index (χ3v) is 5.06. The Kier molecular flexibility index (Phi) is 2.90. The molecule has 2 N–H and O–H groups in total. The molecule has 0 aliphatic heterocycles. The van der Waals surface area contributed by atoms with Crippen LogP contribution in [0.5, 0.6) is 0 Å². The normalized spacial score (nSPS) is 27.4. The number of anilines is 1. The maximum Gasteiger partial charge on any atom is 0.185 e. The third-order valence-electron chi connectivity index (χ3n) is 5.06. The number of tetrazole rings is 1. The molecule has 0 radical (unpaired) electrons. The summed E-state index contributed by atoms with van der Waals surface area (Å²) >= 11 is 0. The van der Waals surface area contributed by atoms with Gasteiger partial charge in [-0.15, -0.1) is 5.10 Å². The van der Waals surface area contributed by atoms with E-state index in [4.69, 9.17) is 5.73 Å². The second kappa shape index (κ2) is 4.79. The molecular weight excluding hydrogens is 269 g/mol. The molecule has 2 aliphatic rings. The Hall–Kier alpha value is -1.98. The van der Waals surface area contributed by atoms with Crippen molar-refractivity contribution in [2.45, 2.75) is 32.2 Å². The highest BCUT2D eigenvalue weighted by atomic mass is 19.1. The number of nitrogens with two attached hydrogens (primary N) is 1. The highest BCUT2D eigenvalue weighted by molar-refractivity contribution is 5.61. The van der Waals surface area contributed by atoms with Crippen molar-refractivity contribution in [3.8, 4) is 11.4 Å². The fourth-order valence-electron chi connectivity index (χ4n) is 4.06. The van der Waals surface area contributed by atoms with E-state index in [1.807, 2.05) is 0 Å². The summed E-state index contributed by atoms with van der Waals surface area (Å²) in [6.07, 6.45) is 5.28. The Balaban J connectivity index is 1.63. The Morgan fingerprint density at radius 3 is 2.95 bits per heavy atom. The summed E-state index contributed by atoms with van der Waals surface area (Å²) in [5.74, 6) is 2.42. The van der Waals surface area contributed by atoms with Crippen molar-refractivity contribution >= 4 is 5.69 Å². The molecule has 1 aromatic heterocycles. The average Bonchev–Trinajstić information content (AvgIpc) is 3.18. The van der Waals surface area contributed by atoms with Gasteiger partial charge in [-0.3, -0.25) is 0 Å². The van der Waals surface area contributed by atoms with Crippen LogP contribution >= 0.6 is 0 Å². The standard InChI is InChI=1S/C15H18FN5/c16-14-4-3-12(17)7-13(14)15-18-19-20-21(15)8-11-6-9-1-2-10(11)5-9/h3-4,7,9-11H,1-2,5-6,8,17H2. The van der Waals surface area contributed by atoms with Gasteiger partial charge in [-0.05, 0) is 65.6 Å². The lowest BCUT2D eigenvalue weighted by Gasteiger charge is -2.21. The molecule has 3 atom stereocenters. The van der Waals surface area contributed by atoms with Crippen LogP contribution in [0.2, 0.25) is 0 Å². The van der Waals surface area contributed by atoms with Crippen LogP contribution in [0.15, 0.2) is 18.2 Å². The molecule has 2 saturated carbocycles. The summed E-state index contributed by atoms with van der Waals surface area (Å²) in [6.45, 7) is 0.776. The predicted octanol–water partition coefficient (Wildman–Crippen LogP) is 2.50. The van der Waals surface area contributed by atoms with E-state index in [0.29, 0.717) is 23.0 Å². The summed E-state index contributed by atoms with van der Waals surface area (Å²) in [6, 6.07) is 4.50. The van der Waals surface area contributed by atoms with E-state index in [2.05, 4.69) is 15.5 Å². The van der Waals surface area contributed by atoms with Crippen molar-refractivity contribution in [3.63, 3.8) is 0 Å². The van der Waals surface area contributed by atoms with Gasteiger partial charge in [-0.25, -0.2) is 9.07 Å². The Labute approximate surface area is 122 Å². The largest absolute Gasteiger partial charge is 0.399 e. The zero-order valence-corrected chi connectivity index (χ0v) is 11.7. The van der Waals surface area contributed by atoms with E-state index < -0.39 is 0 Å². The van der Waals surface area contributed by atoms with E-state index in [0.717, 1.165) is 18.4 Å². The summed E-state index contributed by atoms with van der Waals surface area (Å²) < 4.78 is 15.8. The number of nitrogens with zero attached hydrogens (tertiary/aromatic N) is 4. The zero-order valence-electron chi connectivity index (χ0n) is 11.7. The lowest BCUT2D eigenvalue weighted by molar-refractivity contribution is 0.284. The molecule has 21 heavy (non-hydrogen) atoms. The van der Waals surface area contributed by atoms with Gasteiger partial charge in [0, 0.05) is 12.2 Å². The average molecular weight is 287 g/mol. The molecule has 110 valence electrons. The molecule has 1 aromatic carbocycles. The van der Waals surface area contributed by atoms with E-state index in [-0.39, 0.29) is 5.82 Å². The molecule has 5 nitrogen and oxygen atoms in total. The molecule has 2 fully saturated rings. The summed E-state index contributed by atoms with van der Waals surface area (Å²) in [4.78, 5) is 0. The van der Waals surface area contributed by atoms with Crippen LogP contribution in [0.25, 0.3) is 11.4 Å². The first kappa shape index (κ1) is 12.7. The fraction of sp³-hybridized carbons (Fsp3) is 0.533. The van der Waals surface area contributed by atoms with Crippen LogP contribution in [0.3, 0.4) is 0 Å². The quantitative estimate of drug-likeness (QED) is 0.881. The smallest absolute Gasteiger partial charge is 0.185 e. The van der Waals surface area contributed by atoms with Crippen LogP contribution in [-0.4, -0.2) is 20.2 Å². The second-order valence-corrected chi connectivity index (χ2v) is 6.36. The molecule has 4 rings (SSSR count). The number of hydrogen-bond donors (Lipinski definition) is 1. The number of fused-ring (bicyclic) bond motifs is 2. The number of hydrogen-bond acceptors (Lipinski definition) is 4. The Bertz CT molecular complexity index is 668. The number of halogens is 1. The highest BCUT2D eigenvalue weighted by Gasteiger charge is 2.39. The highest BCUT2D eigenvalue weighted by Crippen LogP contribution is 2.48. The molecule has 1 heterocycles. The molecule has 2 aromatic rings. The number of benzene rings is 1. The van der Waals surface area contributed by atoms with E-state index in [1.54, 1.807) is 16.8 Å². The fourth-order valence-corrected chi connectivity index (χ4v) is 4.06. The molecule has 2 bridgehead atoms. The van der Waals surface area contributed by atoms with Crippen molar-refractivity contribution < 1.29 is 4.39 Å². The van der Waals surface area contributed by atoms with Gasteiger partial charge in [0.05, 0.1) is 5.56 Å². The SMILES string of the molecule is Nc1ccc(F)c(-c2nnnn2CC2CC3CCC2C3)c1. The molecular formula is C15H18FN5. The van der Waals surface area contributed by atoms with Crippen LogP contribution in [-0.2, 0) is 6.54 Å².